The normalized spacial score (nSPS) is 10.7. The third-order valence-corrected chi connectivity index (χ3v) is 5.16. The smallest absolute Gasteiger partial charge is 0.269 e. The lowest BCUT2D eigenvalue weighted by atomic mass is 10.0. The molecule has 1 amide bonds. The summed E-state index contributed by atoms with van der Waals surface area (Å²) in [6.07, 6.45) is 1.74. The Balaban J connectivity index is 2.20. The summed E-state index contributed by atoms with van der Waals surface area (Å²) in [5.41, 5.74) is 3.69. The summed E-state index contributed by atoms with van der Waals surface area (Å²) in [7, 11) is 1.60. The van der Waals surface area contributed by atoms with E-state index in [1.807, 2.05) is 19.1 Å². The Labute approximate surface area is 186 Å². The highest BCUT2D eigenvalue weighted by Crippen LogP contribution is 2.38. The average Bonchev–Trinajstić information content (AvgIpc) is 2.76. The number of benzene rings is 2. The fraction of sp³-hybridized carbons (Fsp3) is 0.240. The first-order valence-corrected chi connectivity index (χ1v) is 10.3. The number of carbonyl (C=O) groups excluding carboxylic acids is 1. The summed E-state index contributed by atoms with van der Waals surface area (Å²) in [5, 5.41) is 7.23. The first-order valence-electron chi connectivity index (χ1n) is 10.3. The largest absolute Gasteiger partial charge is 0.456 e. The number of hydrogen-bond donors (Lipinski definition) is 1. The van der Waals surface area contributed by atoms with Gasteiger partial charge in [-0.1, -0.05) is 25.6 Å². The number of hydrogen-bond acceptors (Lipinski definition) is 4. The number of ether oxygens (including phenoxy) is 1. The van der Waals surface area contributed by atoms with E-state index in [1.54, 1.807) is 33.0 Å². The highest BCUT2D eigenvalue weighted by atomic mass is 19.1. The standard InChI is InChI=1S/C25H26FN3O3/c1-6-17-13-20(28-29(5)25(17)31)23-18(14-27-22(30)7-2)9-8-10-21(23)32-24-15(3)11-19(26)12-16(24)4/h7-13H,2,6,14H2,1,3-5H3,(H,27,30). The molecule has 6 nitrogen and oxygen atoms in total. The maximum atomic E-state index is 13.8. The molecule has 32 heavy (non-hydrogen) atoms. The van der Waals surface area contributed by atoms with Gasteiger partial charge in [-0.05, 0) is 67.3 Å². The van der Waals surface area contributed by atoms with Crippen LogP contribution in [0.15, 0.2) is 53.8 Å². The molecule has 0 aliphatic heterocycles. The molecular formula is C25H26FN3O3. The van der Waals surface area contributed by atoms with Crippen molar-refractivity contribution in [2.45, 2.75) is 33.7 Å². The minimum Gasteiger partial charge on any atom is -0.456 e. The second-order valence-electron chi connectivity index (χ2n) is 7.52. The number of rotatable bonds is 7. The molecule has 0 radical (unpaired) electrons. The zero-order chi connectivity index (χ0) is 23.4. The molecule has 0 unspecified atom stereocenters. The molecule has 0 bridgehead atoms. The SMILES string of the molecule is C=CC(=O)NCc1cccc(Oc2c(C)cc(F)cc2C)c1-c1cc(CC)c(=O)n(C)n1. The Morgan fingerprint density at radius 3 is 2.53 bits per heavy atom. The zero-order valence-corrected chi connectivity index (χ0v) is 18.7. The van der Waals surface area contributed by atoms with Crippen molar-refractivity contribution in [3.8, 4) is 22.8 Å². The predicted octanol–water partition coefficient (Wildman–Crippen LogP) is 4.36. The van der Waals surface area contributed by atoms with E-state index in [2.05, 4.69) is 17.0 Å². The average molecular weight is 435 g/mol. The van der Waals surface area contributed by atoms with Crippen LogP contribution in [-0.2, 0) is 24.8 Å². The second-order valence-corrected chi connectivity index (χ2v) is 7.52. The molecule has 0 saturated heterocycles. The van der Waals surface area contributed by atoms with Gasteiger partial charge in [-0.15, -0.1) is 0 Å². The summed E-state index contributed by atoms with van der Waals surface area (Å²) in [6.45, 7) is 9.15. The van der Waals surface area contributed by atoms with Crippen LogP contribution >= 0.6 is 0 Å². The Bertz CT molecular complexity index is 1220. The van der Waals surface area contributed by atoms with E-state index < -0.39 is 0 Å². The van der Waals surface area contributed by atoms with Gasteiger partial charge in [-0.25, -0.2) is 9.07 Å². The topological polar surface area (TPSA) is 73.2 Å². The highest BCUT2D eigenvalue weighted by Gasteiger charge is 2.18. The molecule has 3 rings (SSSR count). The van der Waals surface area contributed by atoms with Gasteiger partial charge in [-0.3, -0.25) is 9.59 Å². The fourth-order valence-corrected chi connectivity index (χ4v) is 3.57. The molecule has 7 heteroatoms. The van der Waals surface area contributed by atoms with Crippen LogP contribution in [0.2, 0.25) is 0 Å². The van der Waals surface area contributed by atoms with Crippen molar-refractivity contribution < 1.29 is 13.9 Å². The molecule has 0 spiro atoms. The van der Waals surface area contributed by atoms with Crippen molar-refractivity contribution in [3.63, 3.8) is 0 Å². The number of nitrogens with zero attached hydrogens (tertiary/aromatic N) is 2. The van der Waals surface area contributed by atoms with Crippen LogP contribution in [0.25, 0.3) is 11.3 Å². The van der Waals surface area contributed by atoms with Gasteiger partial charge in [0, 0.05) is 24.7 Å². The van der Waals surface area contributed by atoms with E-state index in [1.165, 1.54) is 22.9 Å². The Morgan fingerprint density at radius 1 is 1.22 bits per heavy atom. The Hall–Kier alpha value is -3.74. The molecule has 0 aliphatic rings. The van der Waals surface area contributed by atoms with E-state index >= 15 is 0 Å². The molecule has 1 aromatic heterocycles. The summed E-state index contributed by atoms with van der Waals surface area (Å²) in [6, 6.07) is 10.0. The molecule has 0 fully saturated rings. The zero-order valence-electron chi connectivity index (χ0n) is 18.7. The van der Waals surface area contributed by atoms with E-state index in [4.69, 9.17) is 4.74 Å². The molecule has 3 aromatic rings. The number of aromatic nitrogens is 2. The maximum Gasteiger partial charge on any atom is 0.269 e. The van der Waals surface area contributed by atoms with Gasteiger partial charge in [0.1, 0.15) is 17.3 Å². The molecule has 2 aromatic carbocycles. The van der Waals surface area contributed by atoms with Gasteiger partial charge in [0.2, 0.25) is 5.91 Å². The van der Waals surface area contributed by atoms with Crippen LogP contribution in [0.5, 0.6) is 11.5 Å². The monoisotopic (exact) mass is 435 g/mol. The molecule has 1 N–H and O–H groups in total. The number of nitrogens with one attached hydrogen (secondary N) is 1. The number of halogens is 1. The lowest BCUT2D eigenvalue weighted by Crippen LogP contribution is -2.24. The number of carbonyl (C=O) groups is 1. The van der Waals surface area contributed by atoms with Crippen molar-refractivity contribution in [1.82, 2.24) is 15.1 Å². The van der Waals surface area contributed by atoms with Gasteiger partial charge < -0.3 is 10.1 Å². The van der Waals surface area contributed by atoms with Gasteiger partial charge in [0.25, 0.3) is 5.56 Å². The van der Waals surface area contributed by atoms with Crippen LogP contribution in [0.1, 0.15) is 29.2 Å². The summed E-state index contributed by atoms with van der Waals surface area (Å²) in [5.74, 6) is 0.387. The fourth-order valence-electron chi connectivity index (χ4n) is 3.57. The quantitative estimate of drug-likeness (QED) is 0.560. The molecule has 0 saturated carbocycles. The molecule has 0 atom stereocenters. The molecule has 1 heterocycles. The van der Waals surface area contributed by atoms with Gasteiger partial charge in [0.15, 0.2) is 0 Å². The van der Waals surface area contributed by atoms with Crippen molar-refractivity contribution in [3.05, 3.63) is 87.5 Å². The van der Waals surface area contributed by atoms with Gasteiger partial charge >= 0.3 is 0 Å². The van der Waals surface area contributed by atoms with Crippen molar-refractivity contribution in [2.75, 3.05) is 0 Å². The van der Waals surface area contributed by atoms with E-state index in [0.29, 0.717) is 45.9 Å². The number of amides is 1. The van der Waals surface area contributed by atoms with Crippen LogP contribution in [0, 0.1) is 19.7 Å². The van der Waals surface area contributed by atoms with Crippen molar-refractivity contribution >= 4 is 5.91 Å². The minimum atomic E-state index is -0.333. The van der Waals surface area contributed by atoms with Crippen molar-refractivity contribution in [1.29, 1.82) is 0 Å². The van der Waals surface area contributed by atoms with Crippen molar-refractivity contribution in [2.24, 2.45) is 7.05 Å². The minimum absolute atomic E-state index is 0.165. The lowest BCUT2D eigenvalue weighted by molar-refractivity contribution is -0.116. The number of aryl methyl sites for hydroxylation is 4. The van der Waals surface area contributed by atoms with Gasteiger partial charge in [0.05, 0.1) is 5.69 Å². The van der Waals surface area contributed by atoms with E-state index in [0.717, 1.165) is 5.56 Å². The maximum absolute atomic E-state index is 13.8. The molecule has 0 aliphatic carbocycles. The predicted molar refractivity (Wildman–Crippen MR) is 122 cm³/mol. The van der Waals surface area contributed by atoms with Crippen LogP contribution in [0.4, 0.5) is 4.39 Å². The second kappa shape index (κ2) is 9.60. The summed E-state index contributed by atoms with van der Waals surface area (Å²) < 4.78 is 21.4. The summed E-state index contributed by atoms with van der Waals surface area (Å²) in [4.78, 5) is 24.2. The Kier molecular flexibility index (Phi) is 6.88. The van der Waals surface area contributed by atoms with Crippen LogP contribution in [-0.4, -0.2) is 15.7 Å². The first-order chi connectivity index (χ1) is 15.2. The van der Waals surface area contributed by atoms with Gasteiger partial charge in [-0.2, -0.15) is 5.10 Å². The third kappa shape index (κ3) is 4.77. The summed E-state index contributed by atoms with van der Waals surface area (Å²) >= 11 is 0. The van der Waals surface area contributed by atoms with Crippen LogP contribution in [0.3, 0.4) is 0 Å². The first kappa shape index (κ1) is 22.9. The van der Waals surface area contributed by atoms with E-state index in [9.17, 15) is 14.0 Å². The Morgan fingerprint density at radius 2 is 1.91 bits per heavy atom. The third-order valence-electron chi connectivity index (χ3n) is 5.16. The highest BCUT2D eigenvalue weighted by molar-refractivity contribution is 5.87. The van der Waals surface area contributed by atoms with Crippen LogP contribution < -0.4 is 15.6 Å². The lowest BCUT2D eigenvalue weighted by Gasteiger charge is -2.18. The molecular weight excluding hydrogens is 409 g/mol. The van der Waals surface area contributed by atoms with E-state index in [-0.39, 0.29) is 23.8 Å². The molecule has 166 valence electrons.